The van der Waals surface area contributed by atoms with E-state index < -0.39 is 51.7 Å². The lowest BCUT2D eigenvalue weighted by atomic mass is 10.0. The molecular weight excluding hydrogens is 587 g/mol. The number of amides is 1. The number of aromatic nitrogens is 2. The normalized spacial score (nSPS) is 21.5. The molecule has 0 saturated carbocycles. The molecule has 9 nitrogen and oxygen atoms in total. The van der Waals surface area contributed by atoms with Crippen molar-refractivity contribution >= 4 is 17.4 Å². The summed E-state index contributed by atoms with van der Waals surface area (Å²) in [6.45, 7) is 8.02. The number of morpholine rings is 1. The highest BCUT2D eigenvalue weighted by Crippen LogP contribution is 2.39. The molecule has 0 radical (unpaired) electrons. The Kier molecular flexibility index (Phi) is 8.42. The summed E-state index contributed by atoms with van der Waals surface area (Å²) in [6, 6.07) is 4.22. The number of nitrogens with two attached hydrogens (primary N) is 1. The Morgan fingerprint density at radius 2 is 1.73 bits per heavy atom. The van der Waals surface area contributed by atoms with Gasteiger partial charge in [-0.15, -0.1) is 0 Å². The molecule has 0 aliphatic carbocycles. The summed E-state index contributed by atoms with van der Waals surface area (Å²) in [6.07, 6.45) is -3.24. The molecule has 0 bridgehead atoms. The van der Waals surface area contributed by atoms with Crippen LogP contribution >= 0.6 is 0 Å². The number of piperazine rings is 1. The van der Waals surface area contributed by atoms with Crippen LogP contribution in [0.15, 0.2) is 41.5 Å². The van der Waals surface area contributed by atoms with Crippen molar-refractivity contribution < 1.29 is 31.5 Å². The minimum Gasteiger partial charge on any atom is -0.375 e. The molecule has 44 heavy (non-hydrogen) atoms. The Bertz CT molecular complexity index is 1620. The zero-order valence-electron chi connectivity index (χ0n) is 24.7. The molecule has 5 rings (SSSR count). The van der Waals surface area contributed by atoms with E-state index in [4.69, 9.17) is 10.5 Å². The molecule has 14 heteroatoms. The summed E-state index contributed by atoms with van der Waals surface area (Å²) >= 11 is 0. The first-order chi connectivity index (χ1) is 20.7. The van der Waals surface area contributed by atoms with Gasteiger partial charge in [-0.3, -0.25) is 19.1 Å². The second-order valence-corrected chi connectivity index (χ2v) is 11.4. The summed E-state index contributed by atoms with van der Waals surface area (Å²) in [5.74, 6) is -3.04. The summed E-state index contributed by atoms with van der Waals surface area (Å²) in [5, 5.41) is 0. The molecule has 2 aliphatic rings. The van der Waals surface area contributed by atoms with Crippen molar-refractivity contribution in [3.8, 4) is 16.8 Å². The van der Waals surface area contributed by atoms with Gasteiger partial charge in [0.15, 0.2) is 5.82 Å². The van der Waals surface area contributed by atoms with Gasteiger partial charge in [0.2, 0.25) is 0 Å². The molecule has 0 unspecified atom stereocenters. The van der Waals surface area contributed by atoms with Gasteiger partial charge in [0.05, 0.1) is 35.1 Å². The summed E-state index contributed by atoms with van der Waals surface area (Å²) in [4.78, 5) is 35.4. The third kappa shape index (κ3) is 5.87. The number of carbonyl (C=O) groups is 1. The maximum absolute atomic E-state index is 16.7. The second-order valence-electron chi connectivity index (χ2n) is 11.4. The number of benzene rings is 1. The van der Waals surface area contributed by atoms with Crippen LogP contribution in [0.3, 0.4) is 0 Å². The van der Waals surface area contributed by atoms with Crippen molar-refractivity contribution in [2.24, 2.45) is 5.73 Å². The Balaban J connectivity index is 1.71. The van der Waals surface area contributed by atoms with Crippen molar-refractivity contribution in [3.05, 3.63) is 69.8 Å². The number of ether oxygens (including phenoxy) is 1. The third-order valence-electron chi connectivity index (χ3n) is 8.34. The van der Waals surface area contributed by atoms with Crippen LogP contribution in [0.4, 0.5) is 33.5 Å². The van der Waals surface area contributed by atoms with Gasteiger partial charge >= 0.3 is 6.18 Å². The van der Waals surface area contributed by atoms with Gasteiger partial charge < -0.3 is 20.3 Å². The average molecular weight is 621 g/mol. The number of halogens is 5. The number of primary amides is 1. The van der Waals surface area contributed by atoms with E-state index in [9.17, 15) is 22.8 Å². The molecule has 2 saturated heterocycles. The van der Waals surface area contributed by atoms with Gasteiger partial charge in [-0.1, -0.05) is 0 Å². The van der Waals surface area contributed by atoms with Crippen molar-refractivity contribution in [2.75, 3.05) is 49.6 Å². The van der Waals surface area contributed by atoms with Crippen LogP contribution in [0, 0.1) is 11.6 Å². The van der Waals surface area contributed by atoms with Crippen molar-refractivity contribution in [3.63, 3.8) is 0 Å². The highest BCUT2D eigenvalue weighted by Gasteiger charge is 2.37. The molecule has 3 aromatic rings. The highest BCUT2D eigenvalue weighted by atomic mass is 19.4. The number of anilines is 2. The van der Waals surface area contributed by atoms with Crippen LogP contribution in [0.1, 0.15) is 36.7 Å². The SMILES string of the molecule is C[C@@H]1CN(c2ccc(-c3c(F)cc(N4C[C@@H](C)N(C)[C@@H](C)C4)c(-n4cc(C(N)=O)c(C(F)(F)F)cc4=O)c3F)cn2)CCO1. The van der Waals surface area contributed by atoms with Crippen LogP contribution < -0.4 is 21.1 Å². The van der Waals surface area contributed by atoms with Gasteiger partial charge in [-0.2, -0.15) is 13.2 Å². The molecule has 2 N–H and O–H groups in total. The second kappa shape index (κ2) is 11.8. The van der Waals surface area contributed by atoms with E-state index in [0.29, 0.717) is 49.4 Å². The van der Waals surface area contributed by atoms with E-state index >= 15 is 8.78 Å². The van der Waals surface area contributed by atoms with E-state index in [1.807, 2.05) is 32.7 Å². The van der Waals surface area contributed by atoms with Gasteiger partial charge in [0, 0.05) is 68.4 Å². The first-order valence-corrected chi connectivity index (χ1v) is 14.1. The smallest absolute Gasteiger partial charge is 0.375 e. The lowest BCUT2D eigenvalue weighted by molar-refractivity contribution is -0.138. The Labute approximate surface area is 250 Å². The number of rotatable bonds is 5. The highest BCUT2D eigenvalue weighted by molar-refractivity contribution is 5.94. The molecule has 2 fully saturated rings. The predicted octanol–water partition coefficient (Wildman–Crippen LogP) is 4.05. The molecule has 4 heterocycles. The number of likely N-dealkylation sites (N-methyl/N-ethyl adjacent to an activating group) is 1. The quantitative estimate of drug-likeness (QED) is 0.430. The van der Waals surface area contributed by atoms with E-state index in [1.165, 1.54) is 12.3 Å². The molecule has 3 atom stereocenters. The van der Waals surface area contributed by atoms with Crippen molar-refractivity contribution in [1.82, 2.24) is 14.5 Å². The first kappa shape index (κ1) is 31.4. The van der Waals surface area contributed by atoms with Crippen LogP contribution in [0.25, 0.3) is 16.8 Å². The van der Waals surface area contributed by atoms with Crippen LogP contribution in [0.5, 0.6) is 0 Å². The largest absolute Gasteiger partial charge is 0.417 e. The minimum atomic E-state index is -5.08. The Morgan fingerprint density at radius 1 is 1.05 bits per heavy atom. The molecule has 1 amide bonds. The third-order valence-corrected chi connectivity index (χ3v) is 8.34. The van der Waals surface area contributed by atoms with Crippen LogP contribution in [-0.4, -0.2) is 78.4 Å². The number of hydrogen-bond acceptors (Lipinski definition) is 7. The Hall–Kier alpha value is -4.04. The van der Waals surface area contributed by atoms with Crippen LogP contribution in [0.2, 0.25) is 0 Å². The van der Waals surface area contributed by atoms with E-state index in [0.717, 1.165) is 6.07 Å². The molecule has 0 spiro atoms. The van der Waals surface area contributed by atoms with Crippen molar-refractivity contribution in [2.45, 2.75) is 45.1 Å². The van der Waals surface area contributed by atoms with E-state index in [1.54, 1.807) is 11.0 Å². The molecule has 1 aromatic carbocycles. The maximum Gasteiger partial charge on any atom is 0.417 e. The van der Waals surface area contributed by atoms with E-state index in [-0.39, 0.29) is 35.5 Å². The number of alkyl halides is 3. The lowest BCUT2D eigenvalue weighted by Gasteiger charge is -2.44. The number of pyridine rings is 2. The minimum absolute atomic E-state index is 0.0254. The van der Waals surface area contributed by atoms with Crippen molar-refractivity contribution in [1.29, 1.82) is 0 Å². The monoisotopic (exact) mass is 620 g/mol. The fourth-order valence-corrected chi connectivity index (χ4v) is 5.82. The summed E-state index contributed by atoms with van der Waals surface area (Å²) in [7, 11) is 1.91. The number of nitrogens with zero attached hydrogens (tertiary/aromatic N) is 5. The zero-order valence-corrected chi connectivity index (χ0v) is 24.7. The standard InChI is InChI=1S/C30H33F5N6O3/c1-16-12-40(13-17(2)38(16)4)23-10-22(31)26(19-5-6-24(37-11-19)39-7-8-44-18(3)14-39)27(32)28(23)41-15-20(29(36)43)21(9-25(41)42)30(33,34)35/h5-6,9-11,15-18H,7-8,12-14H2,1-4H3,(H2,36,43)/t16-,17+,18-/m1/s1. The zero-order chi connectivity index (χ0) is 32.1. The average Bonchev–Trinajstić information content (AvgIpc) is 2.95. The van der Waals surface area contributed by atoms with Gasteiger partial charge in [-0.25, -0.2) is 13.8 Å². The van der Waals surface area contributed by atoms with Crippen LogP contribution in [-0.2, 0) is 10.9 Å². The first-order valence-electron chi connectivity index (χ1n) is 14.1. The maximum atomic E-state index is 16.7. The predicted molar refractivity (Wildman–Crippen MR) is 155 cm³/mol. The molecule has 2 aliphatic heterocycles. The molecule has 236 valence electrons. The molecular formula is C30H33F5N6O3. The number of carbonyl (C=O) groups excluding carboxylic acids is 1. The van der Waals surface area contributed by atoms with Gasteiger partial charge in [-0.05, 0) is 40.0 Å². The van der Waals surface area contributed by atoms with Gasteiger partial charge in [0.25, 0.3) is 11.5 Å². The summed E-state index contributed by atoms with van der Waals surface area (Å²) < 4.78 is 79.9. The Morgan fingerprint density at radius 3 is 2.30 bits per heavy atom. The topological polar surface area (TPSA) is 96.9 Å². The fraction of sp³-hybridized carbons (Fsp3) is 0.433. The lowest BCUT2D eigenvalue weighted by Crippen LogP contribution is -2.55. The van der Waals surface area contributed by atoms with Gasteiger partial charge in [0.1, 0.15) is 17.3 Å². The molecule has 2 aromatic heterocycles. The van der Waals surface area contributed by atoms with E-state index in [2.05, 4.69) is 9.88 Å². The summed E-state index contributed by atoms with van der Waals surface area (Å²) in [5.41, 5.74) is 0.380. The number of hydrogen-bond donors (Lipinski definition) is 1. The fourth-order valence-electron chi connectivity index (χ4n) is 5.82.